The van der Waals surface area contributed by atoms with Gasteiger partial charge in [0, 0.05) is 16.6 Å². The SMILES string of the molecule is COc1ccc([C@@H]2CSc3ccc(C(OC(CO)C(C)O)C(O)O)cc32)cc1. The van der Waals surface area contributed by atoms with E-state index in [2.05, 4.69) is 0 Å². The molecule has 0 saturated heterocycles. The van der Waals surface area contributed by atoms with E-state index in [-0.39, 0.29) is 5.92 Å². The third-order valence-electron chi connectivity index (χ3n) is 4.97. The van der Waals surface area contributed by atoms with E-state index in [0.717, 1.165) is 27.5 Å². The van der Waals surface area contributed by atoms with Gasteiger partial charge in [-0.05, 0) is 41.8 Å². The van der Waals surface area contributed by atoms with Crippen molar-refractivity contribution in [2.75, 3.05) is 19.5 Å². The molecule has 3 rings (SSSR count). The molecule has 2 aromatic carbocycles. The molecule has 7 heteroatoms. The number of ether oxygens (including phenoxy) is 2. The predicted octanol–water partition coefficient (Wildman–Crippen LogP) is 2.04. The molecule has 0 spiro atoms. The van der Waals surface area contributed by atoms with Gasteiger partial charge in [-0.1, -0.05) is 24.3 Å². The molecule has 152 valence electrons. The van der Waals surface area contributed by atoms with Crippen molar-refractivity contribution in [2.45, 2.75) is 42.3 Å². The van der Waals surface area contributed by atoms with Gasteiger partial charge in [-0.25, -0.2) is 0 Å². The summed E-state index contributed by atoms with van der Waals surface area (Å²) in [5.74, 6) is 1.87. The minimum absolute atomic E-state index is 0.174. The van der Waals surface area contributed by atoms with Crippen LogP contribution in [-0.4, -0.2) is 58.4 Å². The lowest BCUT2D eigenvalue weighted by Gasteiger charge is -2.27. The van der Waals surface area contributed by atoms with E-state index in [1.807, 2.05) is 36.4 Å². The van der Waals surface area contributed by atoms with Gasteiger partial charge in [-0.15, -0.1) is 11.8 Å². The van der Waals surface area contributed by atoms with E-state index in [9.17, 15) is 20.4 Å². The number of aliphatic hydroxyl groups is 4. The van der Waals surface area contributed by atoms with Crippen LogP contribution in [0.2, 0.25) is 0 Å². The number of fused-ring (bicyclic) bond motifs is 1. The number of benzene rings is 2. The first-order chi connectivity index (χ1) is 13.4. The Morgan fingerprint density at radius 1 is 1.11 bits per heavy atom. The molecule has 0 amide bonds. The molecule has 0 radical (unpaired) electrons. The Kier molecular flexibility index (Phi) is 6.98. The van der Waals surface area contributed by atoms with E-state index >= 15 is 0 Å². The van der Waals surface area contributed by atoms with E-state index in [0.29, 0.717) is 5.56 Å². The van der Waals surface area contributed by atoms with Crippen molar-refractivity contribution >= 4 is 11.8 Å². The average molecular weight is 407 g/mol. The maximum Gasteiger partial charge on any atom is 0.182 e. The lowest BCUT2D eigenvalue weighted by atomic mass is 9.91. The first kappa shape index (κ1) is 21.1. The molecule has 0 saturated carbocycles. The minimum Gasteiger partial charge on any atom is -0.497 e. The van der Waals surface area contributed by atoms with Crippen LogP contribution in [0.5, 0.6) is 5.75 Å². The van der Waals surface area contributed by atoms with Crippen LogP contribution in [-0.2, 0) is 4.74 Å². The van der Waals surface area contributed by atoms with Crippen molar-refractivity contribution in [1.29, 1.82) is 0 Å². The maximum absolute atomic E-state index is 9.83. The van der Waals surface area contributed by atoms with Gasteiger partial charge in [0.2, 0.25) is 0 Å². The van der Waals surface area contributed by atoms with Crippen LogP contribution in [0.4, 0.5) is 0 Å². The van der Waals surface area contributed by atoms with Gasteiger partial charge in [0.1, 0.15) is 18.0 Å². The summed E-state index contributed by atoms with van der Waals surface area (Å²) in [7, 11) is 1.63. The Hall–Kier alpha value is -1.61. The Labute approximate surface area is 168 Å². The molecule has 0 aromatic heterocycles. The number of hydrogen-bond acceptors (Lipinski definition) is 7. The zero-order chi connectivity index (χ0) is 20.3. The van der Waals surface area contributed by atoms with Crippen molar-refractivity contribution in [3.05, 3.63) is 59.2 Å². The Morgan fingerprint density at radius 3 is 2.39 bits per heavy atom. The molecule has 1 aliphatic rings. The predicted molar refractivity (Wildman–Crippen MR) is 107 cm³/mol. The smallest absolute Gasteiger partial charge is 0.182 e. The van der Waals surface area contributed by atoms with Gasteiger partial charge < -0.3 is 29.9 Å². The highest BCUT2D eigenvalue weighted by atomic mass is 32.2. The van der Waals surface area contributed by atoms with E-state index in [1.165, 1.54) is 6.92 Å². The summed E-state index contributed by atoms with van der Waals surface area (Å²) in [5, 5.41) is 38.8. The summed E-state index contributed by atoms with van der Waals surface area (Å²) in [6.07, 6.45) is -4.70. The van der Waals surface area contributed by atoms with Gasteiger partial charge in [-0.3, -0.25) is 0 Å². The molecule has 1 heterocycles. The topological polar surface area (TPSA) is 99.4 Å². The second kappa shape index (κ2) is 9.26. The monoisotopic (exact) mass is 406 g/mol. The lowest BCUT2D eigenvalue weighted by Crippen LogP contribution is -2.35. The fraction of sp³-hybridized carbons (Fsp3) is 0.429. The number of methoxy groups -OCH3 is 1. The highest BCUT2D eigenvalue weighted by Gasteiger charge is 2.30. The zero-order valence-corrected chi connectivity index (χ0v) is 16.7. The van der Waals surface area contributed by atoms with Gasteiger partial charge in [0.25, 0.3) is 0 Å². The van der Waals surface area contributed by atoms with Gasteiger partial charge >= 0.3 is 0 Å². The fourth-order valence-corrected chi connectivity index (χ4v) is 4.59. The number of hydrogen-bond donors (Lipinski definition) is 4. The van der Waals surface area contributed by atoms with E-state index in [1.54, 1.807) is 24.9 Å². The summed E-state index contributed by atoms with van der Waals surface area (Å²) in [4.78, 5) is 1.14. The van der Waals surface area contributed by atoms with Crippen LogP contribution < -0.4 is 4.74 Å². The molecule has 0 fully saturated rings. The summed E-state index contributed by atoms with van der Waals surface area (Å²) in [6, 6.07) is 13.6. The van der Waals surface area contributed by atoms with Crippen LogP contribution in [0.3, 0.4) is 0 Å². The third kappa shape index (κ3) is 4.51. The molecular weight excluding hydrogens is 380 g/mol. The van der Waals surface area contributed by atoms with Crippen LogP contribution in [0.15, 0.2) is 47.4 Å². The molecule has 28 heavy (non-hydrogen) atoms. The lowest BCUT2D eigenvalue weighted by molar-refractivity contribution is -0.188. The summed E-state index contributed by atoms with van der Waals surface area (Å²) in [6.45, 7) is 1.07. The quantitative estimate of drug-likeness (QED) is 0.498. The Balaban J connectivity index is 1.90. The van der Waals surface area contributed by atoms with Crippen molar-refractivity contribution < 1.29 is 29.9 Å². The molecule has 0 aliphatic carbocycles. The van der Waals surface area contributed by atoms with Crippen molar-refractivity contribution in [1.82, 2.24) is 0 Å². The molecule has 4 atom stereocenters. The summed E-state index contributed by atoms with van der Waals surface area (Å²) >= 11 is 1.76. The third-order valence-corrected chi connectivity index (χ3v) is 6.15. The van der Waals surface area contributed by atoms with Crippen molar-refractivity contribution in [3.8, 4) is 5.75 Å². The molecular formula is C21H26O6S. The normalized spacial score (nSPS) is 19.3. The number of rotatable bonds is 8. The first-order valence-electron chi connectivity index (χ1n) is 9.15. The zero-order valence-electron chi connectivity index (χ0n) is 15.9. The number of thioether (sulfide) groups is 1. The molecule has 6 nitrogen and oxygen atoms in total. The van der Waals surface area contributed by atoms with Crippen LogP contribution >= 0.6 is 11.8 Å². The Bertz CT molecular complexity index is 777. The molecule has 1 aliphatic heterocycles. The average Bonchev–Trinajstić information content (AvgIpc) is 3.11. The first-order valence-corrected chi connectivity index (χ1v) is 10.1. The molecule has 4 N–H and O–H groups in total. The molecule has 2 aromatic rings. The van der Waals surface area contributed by atoms with Gasteiger partial charge in [0.15, 0.2) is 6.29 Å². The highest BCUT2D eigenvalue weighted by molar-refractivity contribution is 7.99. The molecule has 0 bridgehead atoms. The minimum atomic E-state index is -1.78. The van der Waals surface area contributed by atoms with Crippen molar-refractivity contribution in [3.63, 3.8) is 0 Å². The Morgan fingerprint density at radius 2 is 1.82 bits per heavy atom. The largest absolute Gasteiger partial charge is 0.497 e. The van der Waals surface area contributed by atoms with Crippen LogP contribution in [0, 0.1) is 0 Å². The van der Waals surface area contributed by atoms with Gasteiger partial charge in [-0.2, -0.15) is 0 Å². The van der Waals surface area contributed by atoms with E-state index < -0.39 is 31.2 Å². The van der Waals surface area contributed by atoms with Crippen molar-refractivity contribution in [2.24, 2.45) is 0 Å². The number of aliphatic hydroxyl groups excluding tert-OH is 3. The van der Waals surface area contributed by atoms with Gasteiger partial charge in [0.05, 0.1) is 19.8 Å². The van der Waals surface area contributed by atoms with Crippen LogP contribution in [0.25, 0.3) is 0 Å². The van der Waals surface area contributed by atoms with E-state index in [4.69, 9.17) is 9.47 Å². The van der Waals surface area contributed by atoms with Crippen LogP contribution in [0.1, 0.15) is 35.6 Å². The molecule has 3 unspecified atom stereocenters. The maximum atomic E-state index is 9.83. The summed E-state index contributed by atoms with van der Waals surface area (Å²) in [5.41, 5.74) is 2.84. The summed E-state index contributed by atoms with van der Waals surface area (Å²) < 4.78 is 10.8. The second-order valence-electron chi connectivity index (χ2n) is 6.87. The standard InChI is InChI=1S/C21H26O6S/c1-12(23)18(10-22)27-20(21(24)25)14-5-8-19-16(9-14)17(11-28-19)13-3-6-15(26-2)7-4-13/h3-9,12,17-18,20-25H,10-11H2,1-2H3/t12?,17-,18?,20?/m0/s1. The second-order valence-corrected chi connectivity index (χ2v) is 7.93. The fourth-order valence-electron chi connectivity index (χ4n) is 3.34. The highest BCUT2D eigenvalue weighted by Crippen LogP contribution is 2.44.